The Kier molecular flexibility index (Phi) is 2.81. The minimum absolute atomic E-state index is 0.0192. The van der Waals surface area contributed by atoms with Crippen molar-refractivity contribution in [3.8, 4) is 0 Å². The number of hydrogen-bond acceptors (Lipinski definition) is 4. The Balaban J connectivity index is 1.77. The van der Waals surface area contributed by atoms with Crippen LogP contribution in [-0.2, 0) is 4.79 Å². The topological polar surface area (TPSA) is 79.3 Å². The Morgan fingerprint density at radius 3 is 2.50 bits per heavy atom. The second-order valence-corrected chi connectivity index (χ2v) is 5.93. The molecular weight excluding hydrogens is 252 g/mol. The fraction of sp³-hybridized carbons (Fsp3) is 0.583. The van der Waals surface area contributed by atoms with Gasteiger partial charge in [-0.2, -0.15) is 0 Å². The molecule has 2 fully saturated rings. The summed E-state index contributed by atoms with van der Waals surface area (Å²) in [6.45, 7) is 0. The van der Waals surface area contributed by atoms with Gasteiger partial charge in [-0.1, -0.05) is 17.8 Å². The summed E-state index contributed by atoms with van der Waals surface area (Å²) in [5.41, 5.74) is 0.649. The number of carbonyl (C=O) groups is 2. The Hall–Kier alpha value is -1.43. The van der Waals surface area contributed by atoms with E-state index in [2.05, 4.69) is 10.3 Å². The van der Waals surface area contributed by atoms with Gasteiger partial charge in [0.25, 0.3) is 0 Å². The molecule has 3 rings (SSSR count). The van der Waals surface area contributed by atoms with Crippen LogP contribution < -0.4 is 5.32 Å². The first-order valence-electron chi connectivity index (χ1n) is 6.20. The number of rotatable bonds is 4. The first kappa shape index (κ1) is 11.6. The number of nitrogens with one attached hydrogen (secondary N) is 1. The van der Waals surface area contributed by atoms with Gasteiger partial charge >= 0.3 is 5.97 Å². The second kappa shape index (κ2) is 4.35. The van der Waals surface area contributed by atoms with Gasteiger partial charge in [-0.25, -0.2) is 9.78 Å². The molecule has 0 aromatic carbocycles. The van der Waals surface area contributed by atoms with E-state index >= 15 is 0 Å². The van der Waals surface area contributed by atoms with Crippen molar-refractivity contribution >= 4 is 28.3 Å². The molecule has 6 heteroatoms. The van der Waals surface area contributed by atoms with Gasteiger partial charge in [0, 0.05) is 11.8 Å². The van der Waals surface area contributed by atoms with E-state index in [1.165, 1.54) is 0 Å². The minimum Gasteiger partial charge on any atom is -0.477 e. The monoisotopic (exact) mass is 266 g/mol. The zero-order valence-corrected chi connectivity index (χ0v) is 10.6. The molecule has 5 nitrogen and oxygen atoms in total. The number of amides is 1. The Morgan fingerprint density at radius 2 is 2.00 bits per heavy atom. The van der Waals surface area contributed by atoms with Crippen LogP contribution in [0.25, 0.3) is 0 Å². The molecule has 2 aliphatic carbocycles. The van der Waals surface area contributed by atoms with Crippen LogP contribution in [0, 0.1) is 5.92 Å². The van der Waals surface area contributed by atoms with E-state index in [1.807, 2.05) is 0 Å². The Morgan fingerprint density at radius 1 is 1.28 bits per heavy atom. The van der Waals surface area contributed by atoms with E-state index < -0.39 is 5.97 Å². The fourth-order valence-electron chi connectivity index (χ4n) is 2.05. The van der Waals surface area contributed by atoms with E-state index in [1.54, 1.807) is 0 Å². The molecule has 18 heavy (non-hydrogen) atoms. The molecule has 2 N–H and O–H groups in total. The molecule has 0 saturated heterocycles. The molecule has 0 aliphatic heterocycles. The molecule has 0 atom stereocenters. The maximum atomic E-state index is 11.8. The number of carboxylic acids is 1. The Labute approximate surface area is 108 Å². The lowest BCUT2D eigenvalue weighted by molar-refractivity contribution is -0.122. The molecule has 1 aromatic rings. The predicted octanol–water partition coefficient (Wildman–Crippen LogP) is 2.46. The minimum atomic E-state index is -0.946. The molecule has 2 aliphatic rings. The summed E-state index contributed by atoms with van der Waals surface area (Å²) in [4.78, 5) is 27.4. The number of aromatic carboxylic acids is 1. The zero-order chi connectivity index (χ0) is 12.7. The normalized spacial score (nSPS) is 19.3. The first-order valence-corrected chi connectivity index (χ1v) is 7.01. The average molecular weight is 266 g/mol. The van der Waals surface area contributed by atoms with Gasteiger partial charge in [-0.3, -0.25) is 4.79 Å². The fourth-order valence-corrected chi connectivity index (χ4v) is 2.94. The van der Waals surface area contributed by atoms with Gasteiger partial charge in [0.2, 0.25) is 5.91 Å². The van der Waals surface area contributed by atoms with Crippen LogP contribution in [0.5, 0.6) is 0 Å². The highest BCUT2D eigenvalue weighted by molar-refractivity contribution is 7.17. The van der Waals surface area contributed by atoms with Crippen LogP contribution in [-0.4, -0.2) is 22.0 Å². The zero-order valence-electron chi connectivity index (χ0n) is 9.81. The van der Waals surface area contributed by atoms with Crippen LogP contribution in [0.2, 0.25) is 0 Å². The van der Waals surface area contributed by atoms with E-state index in [0.29, 0.717) is 10.8 Å². The standard InChI is InChI=1S/C12H14N2O3S/c15-10(7-2-1-3-7)14-12-13-8(6-4-5-6)9(18-12)11(16)17/h6-7H,1-5H2,(H,16,17)(H,13,14,15). The van der Waals surface area contributed by atoms with E-state index in [9.17, 15) is 9.59 Å². The maximum Gasteiger partial charge on any atom is 0.347 e. The predicted molar refractivity (Wildman–Crippen MR) is 67.0 cm³/mol. The molecule has 0 bridgehead atoms. The van der Waals surface area contributed by atoms with Crippen molar-refractivity contribution in [1.29, 1.82) is 0 Å². The average Bonchev–Trinajstić information content (AvgIpc) is 2.97. The Bertz CT molecular complexity index is 503. The summed E-state index contributed by atoms with van der Waals surface area (Å²) in [5.74, 6) is -0.596. The van der Waals surface area contributed by atoms with Crippen LogP contribution in [0.4, 0.5) is 5.13 Å². The van der Waals surface area contributed by atoms with Gasteiger partial charge in [-0.05, 0) is 25.7 Å². The maximum absolute atomic E-state index is 11.8. The first-order chi connectivity index (χ1) is 8.65. The lowest BCUT2D eigenvalue weighted by Crippen LogP contribution is -2.27. The highest BCUT2D eigenvalue weighted by Crippen LogP contribution is 2.43. The number of aromatic nitrogens is 1. The van der Waals surface area contributed by atoms with Gasteiger partial charge in [0.05, 0.1) is 5.69 Å². The number of thiazole rings is 1. The third kappa shape index (κ3) is 2.12. The largest absolute Gasteiger partial charge is 0.477 e. The molecule has 0 radical (unpaired) electrons. The van der Waals surface area contributed by atoms with Crippen molar-refractivity contribution in [1.82, 2.24) is 4.98 Å². The van der Waals surface area contributed by atoms with E-state index in [-0.39, 0.29) is 22.6 Å². The lowest BCUT2D eigenvalue weighted by Gasteiger charge is -2.23. The summed E-state index contributed by atoms with van der Waals surface area (Å²) < 4.78 is 0. The summed E-state index contributed by atoms with van der Waals surface area (Å²) in [6, 6.07) is 0. The molecule has 0 unspecified atom stereocenters. The summed E-state index contributed by atoms with van der Waals surface area (Å²) in [5, 5.41) is 12.3. The summed E-state index contributed by atoms with van der Waals surface area (Å²) >= 11 is 1.07. The van der Waals surface area contributed by atoms with Crippen molar-refractivity contribution in [2.75, 3.05) is 5.32 Å². The third-order valence-electron chi connectivity index (χ3n) is 3.52. The van der Waals surface area contributed by atoms with Crippen molar-refractivity contribution in [3.63, 3.8) is 0 Å². The molecular formula is C12H14N2O3S. The second-order valence-electron chi connectivity index (χ2n) is 4.93. The van der Waals surface area contributed by atoms with Crippen molar-refractivity contribution in [3.05, 3.63) is 10.6 Å². The summed E-state index contributed by atoms with van der Waals surface area (Å²) in [6.07, 6.45) is 4.96. The number of nitrogens with zero attached hydrogens (tertiary/aromatic N) is 1. The van der Waals surface area contributed by atoms with Crippen molar-refractivity contribution in [2.45, 2.75) is 38.0 Å². The summed E-state index contributed by atoms with van der Waals surface area (Å²) in [7, 11) is 0. The van der Waals surface area contributed by atoms with Gasteiger partial charge in [-0.15, -0.1) is 0 Å². The number of carbonyl (C=O) groups excluding carboxylic acids is 1. The van der Waals surface area contributed by atoms with Crippen LogP contribution >= 0.6 is 11.3 Å². The molecule has 96 valence electrons. The molecule has 0 spiro atoms. The van der Waals surface area contributed by atoms with Gasteiger partial charge < -0.3 is 10.4 Å². The molecule has 1 amide bonds. The van der Waals surface area contributed by atoms with Gasteiger partial charge in [0.15, 0.2) is 5.13 Å². The number of anilines is 1. The lowest BCUT2D eigenvalue weighted by atomic mass is 9.85. The smallest absolute Gasteiger partial charge is 0.347 e. The number of hydrogen-bond donors (Lipinski definition) is 2. The SMILES string of the molecule is O=C(O)c1sc(NC(=O)C2CCC2)nc1C1CC1. The number of carboxylic acid groups (broad SMARTS) is 1. The van der Waals surface area contributed by atoms with Gasteiger partial charge in [0.1, 0.15) is 4.88 Å². The molecule has 1 heterocycles. The van der Waals surface area contributed by atoms with Crippen LogP contribution in [0.15, 0.2) is 0 Å². The van der Waals surface area contributed by atoms with E-state index in [4.69, 9.17) is 5.11 Å². The third-order valence-corrected chi connectivity index (χ3v) is 4.49. The van der Waals surface area contributed by atoms with Crippen LogP contribution in [0.3, 0.4) is 0 Å². The van der Waals surface area contributed by atoms with Crippen molar-refractivity contribution in [2.24, 2.45) is 5.92 Å². The molecule has 1 aromatic heterocycles. The van der Waals surface area contributed by atoms with E-state index in [0.717, 1.165) is 43.4 Å². The highest BCUT2D eigenvalue weighted by atomic mass is 32.1. The quantitative estimate of drug-likeness (QED) is 0.877. The van der Waals surface area contributed by atoms with Crippen molar-refractivity contribution < 1.29 is 14.7 Å². The highest BCUT2D eigenvalue weighted by Gasteiger charge is 2.33. The van der Waals surface area contributed by atoms with Crippen LogP contribution in [0.1, 0.15) is 53.4 Å². The molecule has 2 saturated carbocycles.